The van der Waals surface area contributed by atoms with Crippen molar-refractivity contribution in [2.24, 2.45) is 10.9 Å². The van der Waals surface area contributed by atoms with Crippen molar-refractivity contribution in [2.45, 2.75) is 13.8 Å². The van der Waals surface area contributed by atoms with E-state index in [4.69, 9.17) is 5.11 Å². The molecule has 0 rings (SSSR count). The Bertz CT molecular complexity index is 199. The molecule has 3 amide bonds. The third kappa shape index (κ3) is 5.55. The number of nitrogens with zero attached hydrogens (tertiary/aromatic N) is 1. The molecule has 2 N–H and O–H groups in total. The zero-order chi connectivity index (χ0) is 9.56. The van der Waals surface area contributed by atoms with Gasteiger partial charge in [-0.25, -0.2) is 9.79 Å². The van der Waals surface area contributed by atoms with Gasteiger partial charge in [-0.05, 0) is 5.92 Å². The van der Waals surface area contributed by atoms with E-state index in [2.05, 4.69) is 4.99 Å². The number of hydrogen-bond acceptors (Lipinski definition) is 3. The molecule has 0 heterocycles. The first-order chi connectivity index (χ1) is 5.56. The molecule has 0 aromatic carbocycles. The standard InChI is InChI=1S/C7H12N2O3/c1-5(2)3-8-7(12)9-6(11)4-10/h3,5,10H,4H2,1-2H3,(H,9,11,12). The molecule has 0 bridgehead atoms. The molecule has 0 fully saturated rings. The van der Waals surface area contributed by atoms with Crippen molar-refractivity contribution in [3.63, 3.8) is 0 Å². The van der Waals surface area contributed by atoms with Crippen molar-refractivity contribution >= 4 is 18.2 Å². The molecule has 0 unspecified atom stereocenters. The molecular formula is C7H12N2O3. The summed E-state index contributed by atoms with van der Waals surface area (Å²) in [5.74, 6) is -0.596. The molecule has 0 aliphatic rings. The number of aliphatic hydroxyl groups is 1. The largest absolute Gasteiger partial charge is 0.387 e. The average Bonchev–Trinajstić information content (AvgIpc) is 2.00. The number of nitrogens with one attached hydrogen (secondary N) is 1. The number of rotatable bonds is 2. The first kappa shape index (κ1) is 10.8. The van der Waals surface area contributed by atoms with Gasteiger partial charge < -0.3 is 5.11 Å². The van der Waals surface area contributed by atoms with Crippen molar-refractivity contribution in [3.05, 3.63) is 0 Å². The Kier molecular flexibility index (Phi) is 4.87. The second-order valence-electron chi connectivity index (χ2n) is 2.53. The molecule has 0 spiro atoms. The fourth-order valence-corrected chi connectivity index (χ4v) is 0.408. The topological polar surface area (TPSA) is 78.8 Å². The van der Waals surface area contributed by atoms with E-state index in [-0.39, 0.29) is 5.92 Å². The quantitative estimate of drug-likeness (QED) is 0.573. The Balaban J connectivity index is 3.82. The molecule has 0 saturated carbocycles. The molecule has 68 valence electrons. The molecule has 0 saturated heterocycles. The number of aliphatic imine (C=N–C) groups is 1. The lowest BCUT2D eigenvalue weighted by Crippen LogP contribution is -2.30. The van der Waals surface area contributed by atoms with Gasteiger partial charge >= 0.3 is 6.03 Å². The molecule has 0 aromatic rings. The fraction of sp³-hybridized carbons (Fsp3) is 0.571. The van der Waals surface area contributed by atoms with Crippen molar-refractivity contribution in [3.8, 4) is 0 Å². The van der Waals surface area contributed by atoms with Gasteiger partial charge in [-0.3, -0.25) is 10.1 Å². The van der Waals surface area contributed by atoms with Gasteiger partial charge in [0.15, 0.2) is 0 Å². The number of hydrogen-bond donors (Lipinski definition) is 2. The lowest BCUT2D eigenvalue weighted by molar-refractivity contribution is -0.122. The Morgan fingerprint density at radius 3 is 2.58 bits per heavy atom. The summed E-state index contributed by atoms with van der Waals surface area (Å²) < 4.78 is 0. The van der Waals surface area contributed by atoms with Crippen LogP contribution in [0.1, 0.15) is 13.8 Å². The SMILES string of the molecule is CC(C)C=NC(=O)NC(=O)CO. The van der Waals surface area contributed by atoms with Gasteiger partial charge in [0.05, 0.1) is 0 Å². The second-order valence-corrected chi connectivity index (χ2v) is 2.53. The minimum Gasteiger partial charge on any atom is -0.387 e. The summed E-state index contributed by atoms with van der Waals surface area (Å²) in [6.45, 7) is 3.00. The molecule has 0 radical (unpaired) electrons. The van der Waals surface area contributed by atoms with Crippen LogP contribution in [-0.4, -0.2) is 29.9 Å². The summed E-state index contributed by atoms with van der Waals surface area (Å²) in [5.41, 5.74) is 0. The third-order valence-corrected chi connectivity index (χ3v) is 0.880. The van der Waals surface area contributed by atoms with Gasteiger partial charge in [0.1, 0.15) is 6.61 Å². The lowest BCUT2D eigenvalue weighted by Gasteiger charge is -1.96. The number of carbonyl (C=O) groups is 2. The normalized spacial score (nSPS) is 10.7. The molecule has 5 nitrogen and oxygen atoms in total. The number of urea groups is 1. The van der Waals surface area contributed by atoms with E-state index in [1.807, 2.05) is 19.2 Å². The van der Waals surface area contributed by atoms with Crippen molar-refractivity contribution in [1.29, 1.82) is 0 Å². The van der Waals surface area contributed by atoms with Gasteiger partial charge in [0.25, 0.3) is 5.91 Å². The number of imide groups is 1. The molecule has 12 heavy (non-hydrogen) atoms. The van der Waals surface area contributed by atoms with Crippen LogP contribution in [0.4, 0.5) is 4.79 Å². The minimum absolute atomic E-state index is 0.153. The van der Waals surface area contributed by atoms with E-state index in [0.29, 0.717) is 0 Å². The van der Waals surface area contributed by atoms with Crippen molar-refractivity contribution in [1.82, 2.24) is 5.32 Å². The predicted octanol–water partition coefficient (Wildman–Crippen LogP) is -0.0583. The summed E-state index contributed by atoms with van der Waals surface area (Å²) in [6.07, 6.45) is 1.42. The van der Waals surface area contributed by atoms with Gasteiger partial charge in [0, 0.05) is 6.21 Å². The van der Waals surface area contributed by atoms with E-state index in [1.165, 1.54) is 6.21 Å². The van der Waals surface area contributed by atoms with Crippen LogP contribution in [0.2, 0.25) is 0 Å². The number of carbonyl (C=O) groups excluding carboxylic acids is 2. The summed E-state index contributed by atoms with van der Waals surface area (Å²) in [5, 5.41) is 10.1. The van der Waals surface area contributed by atoms with E-state index in [9.17, 15) is 9.59 Å². The van der Waals surface area contributed by atoms with Crippen LogP contribution in [0, 0.1) is 5.92 Å². The minimum atomic E-state index is -0.749. The van der Waals surface area contributed by atoms with Gasteiger partial charge in [-0.2, -0.15) is 0 Å². The molecule has 0 aliphatic carbocycles. The molecular weight excluding hydrogens is 160 g/mol. The maximum absolute atomic E-state index is 10.7. The Morgan fingerprint density at radius 1 is 1.58 bits per heavy atom. The highest BCUT2D eigenvalue weighted by Gasteiger charge is 2.02. The Morgan fingerprint density at radius 2 is 2.17 bits per heavy atom. The van der Waals surface area contributed by atoms with Crippen LogP contribution in [0.5, 0.6) is 0 Å². The number of aliphatic hydroxyl groups excluding tert-OH is 1. The smallest absolute Gasteiger partial charge is 0.347 e. The third-order valence-electron chi connectivity index (χ3n) is 0.880. The van der Waals surface area contributed by atoms with Crippen molar-refractivity contribution in [2.75, 3.05) is 6.61 Å². The van der Waals surface area contributed by atoms with Gasteiger partial charge in [0.2, 0.25) is 0 Å². The fourth-order valence-electron chi connectivity index (χ4n) is 0.408. The Hall–Kier alpha value is -1.23. The van der Waals surface area contributed by atoms with Gasteiger partial charge in [-0.15, -0.1) is 0 Å². The molecule has 0 atom stereocenters. The van der Waals surface area contributed by atoms with E-state index >= 15 is 0 Å². The van der Waals surface area contributed by atoms with Crippen LogP contribution in [-0.2, 0) is 4.79 Å². The van der Waals surface area contributed by atoms with E-state index < -0.39 is 18.5 Å². The Labute approximate surface area is 70.5 Å². The predicted molar refractivity (Wildman–Crippen MR) is 44.0 cm³/mol. The first-order valence-electron chi connectivity index (χ1n) is 3.55. The monoisotopic (exact) mass is 172 g/mol. The summed E-state index contributed by atoms with van der Waals surface area (Å²) in [6, 6.07) is -0.747. The lowest BCUT2D eigenvalue weighted by atomic mass is 10.3. The van der Waals surface area contributed by atoms with E-state index in [0.717, 1.165) is 0 Å². The van der Waals surface area contributed by atoms with E-state index in [1.54, 1.807) is 0 Å². The summed E-state index contributed by atoms with van der Waals surface area (Å²) >= 11 is 0. The van der Waals surface area contributed by atoms with Crippen molar-refractivity contribution < 1.29 is 14.7 Å². The number of amides is 3. The van der Waals surface area contributed by atoms with Crippen LogP contribution in [0.25, 0.3) is 0 Å². The van der Waals surface area contributed by atoms with Crippen LogP contribution in [0.3, 0.4) is 0 Å². The van der Waals surface area contributed by atoms with Crippen LogP contribution < -0.4 is 5.32 Å². The maximum atomic E-state index is 10.7. The first-order valence-corrected chi connectivity index (χ1v) is 3.55. The molecule has 5 heteroatoms. The van der Waals surface area contributed by atoms with Crippen LogP contribution in [0.15, 0.2) is 4.99 Å². The molecule has 0 aromatic heterocycles. The van der Waals surface area contributed by atoms with Crippen LogP contribution >= 0.6 is 0 Å². The maximum Gasteiger partial charge on any atom is 0.347 e. The van der Waals surface area contributed by atoms with Gasteiger partial charge in [-0.1, -0.05) is 13.8 Å². The summed E-state index contributed by atoms with van der Waals surface area (Å²) in [4.78, 5) is 24.5. The highest BCUT2D eigenvalue weighted by molar-refractivity contribution is 5.97. The zero-order valence-electron chi connectivity index (χ0n) is 7.07. The highest BCUT2D eigenvalue weighted by atomic mass is 16.3. The summed E-state index contributed by atoms with van der Waals surface area (Å²) in [7, 11) is 0. The average molecular weight is 172 g/mol. The zero-order valence-corrected chi connectivity index (χ0v) is 7.07. The molecule has 0 aliphatic heterocycles. The highest BCUT2D eigenvalue weighted by Crippen LogP contribution is 1.85. The second kappa shape index (κ2) is 5.42.